The third kappa shape index (κ3) is 5.06. The van der Waals surface area contributed by atoms with Gasteiger partial charge in [0, 0.05) is 12.1 Å². The van der Waals surface area contributed by atoms with E-state index in [9.17, 15) is 9.59 Å². The number of rotatable bonds is 9. The number of carbonyl (C=O) groups excluding carboxylic acids is 2. The molecule has 0 unspecified atom stereocenters. The molecule has 0 saturated heterocycles. The first-order chi connectivity index (χ1) is 15.5. The van der Waals surface area contributed by atoms with Crippen molar-refractivity contribution in [2.24, 2.45) is 0 Å². The largest absolute Gasteiger partial charge is 0.465 e. The van der Waals surface area contributed by atoms with Crippen LogP contribution in [0.4, 0.5) is 0 Å². The minimum absolute atomic E-state index is 0.0314. The lowest BCUT2D eigenvalue weighted by Gasteiger charge is -2.16. The Bertz CT molecular complexity index is 1060. The molecule has 7 heteroatoms. The number of ether oxygens (including phenoxy) is 2. The van der Waals surface area contributed by atoms with E-state index < -0.39 is 11.9 Å². The lowest BCUT2D eigenvalue weighted by atomic mass is 10.0. The maximum atomic E-state index is 12.7. The Kier molecular flexibility index (Phi) is 7.78. The molecule has 0 saturated carbocycles. The highest BCUT2D eigenvalue weighted by molar-refractivity contribution is 6.06. The molecule has 0 spiro atoms. The number of nitrogens with zero attached hydrogens (tertiary/aromatic N) is 3. The predicted octanol–water partition coefficient (Wildman–Crippen LogP) is 4.34. The first-order valence-corrected chi connectivity index (χ1v) is 10.6. The van der Waals surface area contributed by atoms with Gasteiger partial charge in [0.25, 0.3) is 0 Å². The minimum atomic E-state index is -0.665. The molecule has 0 radical (unpaired) electrons. The van der Waals surface area contributed by atoms with Crippen LogP contribution in [0, 0.1) is 0 Å². The van der Waals surface area contributed by atoms with Gasteiger partial charge in [-0.1, -0.05) is 55.8 Å². The van der Waals surface area contributed by atoms with Crippen LogP contribution in [0.1, 0.15) is 46.2 Å². The number of para-hydroxylation sites is 1. The number of hydrogen-bond acceptors (Lipinski definition) is 6. The highest BCUT2D eigenvalue weighted by Gasteiger charge is 2.31. The van der Waals surface area contributed by atoms with Gasteiger partial charge in [-0.3, -0.25) is 0 Å². The molecule has 2 aromatic carbocycles. The van der Waals surface area contributed by atoms with Crippen LogP contribution < -0.4 is 0 Å². The average Bonchev–Trinajstić information content (AvgIpc) is 3.23. The Morgan fingerprint density at radius 2 is 1.62 bits per heavy atom. The molecule has 3 aromatic rings. The third-order valence-corrected chi connectivity index (χ3v) is 5.23. The molecule has 0 bridgehead atoms. The van der Waals surface area contributed by atoms with Crippen LogP contribution in [-0.4, -0.2) is 54.4 Å². The Morgan fingerprint density at radius 3 is 2.22 bits per heavy atom. The quantitative estimate of drug-likeness (QED) is 0.466. The van der Waals surface area contributed by atoms with E-state index in [4.69, 9.17) is 9.47 Å². The SMILES string of the molecule is CCCCN(C)Cc1ccc(-c2nn(-c3ccccc3)c(C(=O)OC)c2C(=O)OC)cc1. The zero-order valence-electron chi connectivity index (χ0n) is 19.0. The maximum absolute atomic E-state index is 12.7. The van der Waals surface area contributed by atoms with Crippen molar-refractivity contribution in [3.63, 3.8) is 0 Å². The molecule has 1 aromatic heterocycles. The first-order valence-electron chi connectivity index (χ1n) is 10.6. The maximum Gasteiger partial charge on any atom is 0.357 e. The molecular weight excluding hydrogens is 406 g/mol. The van der Waals surface area contributed by atoms with Crippen molar-refractivity contribution < 1.29 is 19.1 Å². The normalized spacial score (nSPS) is 10.9. The van der Waals surface area contributed by atoms with Gasteiger partial charge in [-0.05, 0) is 37.7 Å². The monoisotopic (exact) mass is 435 g/mol. The Labute approximate surface area is 188 Å². The first kappa shape index (κ1) is 23.2. The van der Waals surface area contributed by atoms with Crippen molar-refractivity contribution in [2.45, 2.75) is 26.3 Å². The zero-order chi connectivity index (χ0) is 23.1. The number of methoxy groups -OCH3 is 2. The van der Waals surface area contributed by atoms with Gasteiger partial charge in [0.05, 0.1) is 19.9 Å². The Balaban J connectivity index is 2.07. The molecule has 0 N–H and O–H groups in total. The van der Waals surface area contributed by atoms with E-state index in [0.29, 0.717) is 16.9 Å². The van der Waals surface area contributed by atoms with Gasteiger partial charge >= 0.3 is 11.9 Å². The lowest BCUT2D eigenvalue weighted by molar-refractivity contribution is 0.0549. The molecule has 0 aliphatic carbocycles. The van der Waals surface area contributed by atoms with E-state index in [1.807, 2.05) is 42.5 Å². The van der Waals surface area contributed by atoms with E-state index in [0.717, 1.165) is 31.5 Å². The molecule has 0 amide bonds. The van der Waals surface area contributed by atoms with Gasteiger partial charge in [-0.25, -0.2) is 14.3 Å². The zero-order valence-corrected chi connectivity index (χ0v) is 19.0. The van der Waals surface area contributed by atoms with Crippen molar-refractivity contribution in [3.05, 3.63) is 71.4 Å². The van der Waals surface area contributed by atoms with Gasteiger partial charge in [0.1, 0.15) is 11.3 Å². The summed E-state index contributed by atoms with van der Waals surface area (Å²) < 4.78 is 11.4. The van der Waals surface area contributed by atoms with Crippen molar-refractivity contribution in [3.8, 4) is 16.9 Å². The second-order valence-corrected chi connectivity index (χ2v) is 7.59. The topological polar surface area (TPSA) is 73.7 Å². The molecule has 32 heavy (non-hydrogen) atoms. The fraction of sp³-hybridized carbons (Fsp3) is 0.320. The molecule has 3 rings (SSSR count). The van der Waals surface area contributed by atoms with Gasteiger partial charge in [-0.15, -0.1) is 0 Å². The van der Waals surface area contributed by atoms with Gasteiger partial charge in [0.15, 0.2) is 5.69 Å². The summed E-state index contributed by atoms with van der Waals surface area (Å²) in [6.07, 6.45) is 2.32. The van der Waals surface area contributed by atoms with Crippen molar-refractivity contribution in [2.75, 3.05) is 27.8 Å². The van der Waals surface area contributed by atoms with Crippen LogP contribution in [0.3, 0.4) is 0 Å². The molecule has 0 atom stereocenters. The van der Waals surface area contributed by atoms with Crippen molar-refractivity contribution >= 4 is 11.9 Å². The molecule has 168 valence electrons. The molecular formula is C25H29N3O4. The standard InChI is InChI=1S/C25H29N3O4/c1-5-6-16-27(2)17-18-12-14-19(15-13-18)22-21(24(29)31-3)23(25(30)32-4)28(26-22)20-10-8-7-9-11-20/h7-15H,5-6,16-17H2,1-4H3. The minimum Gasteiger partial charge on any atom is -0.465 e. The summed E-state index contributed by atoms with van der Waals surface area (Å²) in [6.45, 7) is 4.05. The number of unbranched alkanes of at least 4 members (excludes halogenated alkanes) is 1. The summed E-state index contributed by atoms with van der Waals surface area (Å²) in [6, 6.07) is 17.0. The van der Waals surface area contributed by atoms with Crippen molar-refractivity contribution in [1.82, 2.24) is 14.7 Å². The number of aromatic nitrogens is 2. The summed E-state index contributed by atoms with van der Waals surface area (Å²) in [5, 5.41) is 4.62. The highest BCUT2D eigenvalue weighted by Crippen LogP contribution is 2.29. The van der Waals surface area contributed by atoms with Gasteiger partial charge in [-0.2, -0.15) is 5.10 Å². The number of hydrogen-bond donors (Lipinski definition) is 0. The second-order valence-electron chi connectivity index (χ2n) is 7.59. The van der Waals surface area contributed by atoms with Gasteiger partial charge in [0.2, 0.25) is 0 Å². The predicted molar refractivity (Wildman–Crippen MR) is 123 cm³/mol. The highest BCUT2D eigenvalue weighted by atomic mass is 16.5. The van der Waals surface area contributed by atoms with Crippen LogP contribution in [0.25, 0.3) is 16.9 Å². The Hall–Kier alpha value is -3.45. The molecule has 0 fully saturated rings. The smallest absolute Gasteiger partial charge is 0.357 e. The van der Waals surface area contributed by atoms with Crippen LogP contribution in [-0.2, 0) is 16.0 Å². The van der Waals surface area contributed by atoms with Crippen molar-refractivity contribution in [1.29, 1.82) is 0 Å². The molecule has 0 aliphatic heterocycles. The Morgan fingerprint density at radius 1 is 0.969 bits per heavy atom. The van der Waals surface area contributed by atoms with Gasteiger partial charge < -0.3 is 14.4 Å². The number of benzene rings is 2. The van der Waals surface area contributed by atoms with E-state index in [1.165, 1.54) is 18.9 Å². The number of carbonyl (C=O) groups is 2. The van der Waals surface area contributed by atoms with Crippen LogP contribution in [0.5, 0.6) is 0 Å². The van der Waals surface area contributed by atoms with E-state index in [-0.39, 0.29) is 11.3 Å². The van der Waals surface area contributed by atoms with Crippen LogP contribution in [0.2, 0.25) is 0 Å². The molecule has 1 heterocycles. The summed E-state index contributed by atoms with van der Waals surface area (Å²) >= 11 is 0. The van der Waals surface area contributed by atoms with E-state index in [2.05, 4.69) is 24.0 Å². The van der Waals surface area contributed by atoms with Crippen LogP contribution in [0.15, 0.2) is 54.6 Å². The van der Waals surface area contributed by atoms with Crippen LogP contribution >= 0.6 is 0 Å². The fourth-order valence-electron chi connectivity index (χ4n) is 3.54. The summed E-state index contributed by atoms with van der Waals surface area (Å²) in [5.41, 5.74) is 2.98. The van der Waals surface area contributed by atoms with E-state index >= 15 is 0 Å². The summed E-state index contributed by atoms with van der Waals surface area (Å²) in [7, 11) is 4.65. The number of esters is 2. The third-order valence-electron chi connectivity index (χ3n) is 5.23. The fourth-order valence-corrected chi connectivity index (χ4v) is 3.54. The average molecular weight is 436 g/mol. The second kappa shape index (κ2) is 10.7. The molecule has 0 aliphatic rings. The molecule has 7 nitrogen and oxygen atoms in total. The van der Waals surface area contributed by atoms with E-state index in [1.54, 1.807) is 12.1 Å². The summed E-state index contributed by atoms with van der Waals surface area (Å²) in [5.74, 6) is -1.31. The lowest BCUT2D eigenvalue weighted by Crippen LogP contribution is -2.18. The summed E-state index contributed by atoms with van der Waals surface area (Å²) in [4.78, 5) is 27.7.